The molecular formula is C20H21NO5S. The van der Waals surface area contributed by atoms with Gasteiger partial charge in [-0.1, -0.05) is 25.1 Å². The summed E-state index contributed by atoms with van der Waals surface area (Å²) in [4.78, 5) is 11.6. The van der Waals surface area contributed by atoms with Crippen LogP contribution in [-0.2, 0) is 27.7 Å². The molecule has 0 N–H and O–H groups in total. The first-order chi connectivity index (χ1) is 12.9. The highest BCUT2D eigenvalue weighted by molar-refractivity contribution is 7.89. The molecule has 0 aliphatic rings. The van der Waals surface area contributed by atoms with E-state index in [4.69, 9.17) is 4.42 Å². The van der Waals surface area contributed by atoms with Crippen LogP contribution in [0.4, 0.5) is 0 Å². The molecule has 0 saturated carbocycles. The summed E-state index contributed by atoms with van der Waals surface area (Å²) in [5.41, 5.74) is 1.91. The number of ether oxygens (including phenoxy) is 1. The fourth-order valence-electron chi connectivity index (χ4n) is 2.98. The molecule has 3 aromatic rings. The molecule has 0 aliphatic carbocycles. The van der Waals surface area contributed by atoms with Gasteiger partial charge in [0.05, 0.1) is 17.6 Å². The fourth-order valence-corrected chi connectivity index (χ4v) is 4.12. The molecule has 6 nitrogen and oxygen atoms in total. The maximum absolute atomic E-state index is 12.9. The van der Waals surface area contributed by atoms with Crippen molar-refractivity contribution in [2.24, 2.45) is 0 Å². The van der Waals surface area contributed by atoms with Crippen molar-refractivity contribution in [1.29, 1.82) is 0 Å². The van der Waals surface area contributed by atoms with E-state index in [1.165, 1.54) is 42.7 Å². The number of methoxy groups -OCH3 is 1. The highest BCUT2D eigenvalue weighted by atomic mass is 32.2. The highest BCUT2D eigenvalue weighted by Crippen LogP contribution is 2.28. The number of nitrogens with zero attached hydrogens (tertiary/aromatic N) is 1. The Morgan fingerprint density at radius 2 is 1.78 bits per heavy atom. The van der Waals surface area contributed by atoms with Crippen molar-refractivity contribution in [3.8, 4) is 0 Å². The van der Waals surface area contributed by atoms with Crippen LogP contribution in [0, 0.1) is 0 Å². The summed E-state index contributed by atoms with van der Waals surface area (Å²) in [6.45, 7) is 2.17. The average Bonchev–Trinajstić information content (AvgIpc) is 3.05. The zero-order valence-corrected chi connectivity index (χ0v) is 16.2. The van der Waals surface area contributed by atoms with Crippen molar-refractivity contribution in [2.75, 3.05) is 14.2 Å². The third-order valence-electron chi connectivity index (χ3n) is 4.47. The minimum absolute atomic E-state index is 0.114. The number of esters is 1. The lowest BCUT2D eigenvalue weighted by Gasteiger charge is -2.17. The summed E-state index contributed by atoms with van der Waals surface area (Å²) in [6.07, 6.45) is 0.672. The Balaban J connectivity index is 1.91. The largest absolute Gasteiger partial charge is 0.465 e. The Hall–Kier alpha value is -2.64. The van der Waals surface area contributed by atoms with Gasteiger partial charge in [-0.25, -0.2) is 13.2 Å². The van der Waals surface area contributed by atoms with Crippen LogP contribution >= 0.6 is 0 Å². The molecule has 2 aromatic carbocycles. The molecule has 0 saturated heterocycles. The molecular weight excluding hydrogens is 366 g/mol. The van der Waals surface area contributed by atoms with E-state index in [1.54, 1.807) is 0 Å². The van der Waals surface area contributed by atoms with E-state index in [2.05, 4.69) is 4.74 Å². The number of furan rings is 1. The molecule has 0 aliphatic heterocycles. The molecule has 0 atom stereocenters. The summed E-state index contributed by atoms with van der Waals surface area (Å²) < 4.78 is 37.6. The van der Waals surface area contributed by atoms with Crippen molar-refractivity contribution in [1.82, 2.24) is 4.31 Å². The van der Waals surface area contributed by atoms with Gasteiger partial charge in [-0.2, -0.15) is 4.31 Å². The number of rotatable bonds is 6. The monoisotopic (exact) mass is 387 g/mol. The van der Waals surface area contributed by atoms with Gasteiger partial charge in [-0.05, 0) is 30.3 Å². The maximum atomic E-state index is 12.9. The Morgan fingerprint density at radius 3 is 2.41 bits per heavy atom. The smallest absolute Gasteiger partial charge is 0.337 e. The Morgan fingerprint density at radius 1 is 1.11 bits per heavy atom. The summed E-state index contributed by atoms with van der Waals surface area (Å²) in [5.74, 6) is 0.268. The normalized spacial score (nSPS) is 11.9. The molecule has 7 heteroatoms. The van der Waals surface area contributed by atoms with Crippen LogP contribution in [0.25, 0.3) is 11.0 Å². The average molecular weight is 387 g/mol. The van der Waals surface area contributed by atoms with Crippen molar-refractivity contribution in [2.45, 2.75) is 24.8 Å². The van der Waals surface area contributed by atoms with Gasteiger partial charge in [0.25, 0.3) is 0 Å². The van der Waals surface area contributed by atoms with Gasteiger partial charge in [-0.3, -0.25) is 0 Å². The van der Waals surface area contributed by atoms with E-state index >= 15 is 0 Å². The molecule has 0 fully saturated rings. The number of para-hydroxylation sites is 1. The molecule has 0 amide bonds. The third-order valence-corrected chi connectivity index (χ3v) is 6.29. The topological polar surface area (TPSA) is 76.8 Å². The third kappa shape index (κ3) is 3.61. The standard InChI is InChI=1S/C20H21NO5S/c1-4-18-17(16-7-5-6-8-19(16)26-18)13-21(2)27(23,24)15-11-9-14(10-12-15)20(22)25-3/h5-12H,4,13H2,1-3H3. The molecule has 0 bridgehead atoms. The lowest BCUT2D eigenvalue weighted by molar-refractivity contribution is 0.0600. The zero-order chi connectivity index (χ0) is 19.6. The van der Waals surface area contributed by atoms with Gasteiger partial charge in [0.1, 0.15) is 11.3 Å². The first-order valence-electron chi connectivity index (χ1n) is 8.52. The predicted molar refractivity (Wildman–Crippen MR) is 102 cm³/mol. The Bertz CT molecular complexity index is 1070. The number of benzene rings is 2. The second-order valence-corrected chi connectivity index (χ2v) is 8.18. The van der Waals surface area contributed by atoms with Crippen LogP contribution in [0.3, 0.4) is 0 Å². The number of hydrogen-bond acceptors (Lipinski definition) is 5. The number of sulfonamides is 1. The zero-order valence-electron chi connectivity index (χ0n) is 15.4. The van der Waals surface area contributed by atoms with E-state index in [1.807, 2.05) is 31.2 Å². The summed E-state index contributed by atoms with van der Waals surface area (Å²) in [6, 6.07) is 13.3. The minimum Gasteiger partial charge on any atom is -0.465 e. The number of carbonyl (C=O) groups is 1. The van der Waals surface area contributed by atoms with Gasteiger partial charge in [0, 0.05) is 31.0 Å². The second kappa shape index (κ2) is 7.54. The van der Waals surface area contributed by atoms with Crippen LogP contribution in [0.2, 0.25) is 0 Å². The van der Waals surface area contributed by atoms with Crippen molar-refractivity contribution in [3.05, 3.63) is 65.4 Å². The van der Waals surface area contributed by atoms with Crippen LogP contribution in [0.1, 0.15) is 28.6 Å². The fraction of sp³-hybridized carbons (Fsp3) is 0.250. The second-order valence-electron chi connectivity index (χ2n) is 6.13. The lowest BCUT2D eigenvalue weighted by atomic mass is 10.1. The van der Waals surface area contributed by atoms with E-state index in [0.717, 1.165) is 22.3 Å². The number of aryl methyl sites for hydroxylation is 1. The van der Waals surface area contributed by atoms with E-state index in [-0.39, 0.29) is 11.4 Å². The predicted octanol–water partition coefficient (Wildman–Crippen LogP) is 3.60. The van der Waals surface area contributed by atoms with Crippen molar-refractivity contribution < 1.29 is 22.4 Å². The molecule has 3 rings (SSSR count). The minimum atomic E-state index is -3.72. The number of fused-ring (bicyclic) bond motifs is 1. The van der Waals surface area contributed by atoms with E-state index < -0.39 is 16.0 Å². The van der Waals surface area contributed by atoms with Gasteiger partial charge in [0.15, 0.2) is 0 Å². The molecule has 0 radical (unpaired) electrons. The van der Waals surface area contributed by atoms with E-state index in [0.29, 0.717) is 12.0 Å². The molecule has 27 heavy (non-hydrogen) atoms. The maximum Gasteiger partial charge on any atom is 0.337 e. The summed E-state index contributed by atoms with van der Waals surface area (Å²) in [5, 5.41) is 0.914. The van der Waals surface area contributed by atoms with Crippen LogP contribution < -0.4 is 0 Å². The molecule has 1 aromatic heterocycles. The highest BCUT2D eigenvalue weighted by Gasteiger charge is 2.24. The number of carbonyl (C=O) groups excluding carboxylic acids is 1. The Labute approximate surface area is 158 Å². The van der Waals surface area contributed by atoms with E-state index in [9.17, 15) is 13.2 Å². The molecule has 0 unspecified atom stereocenters. The summed E-state index contributed by atoms with van der Waals surface area (Å²) in [7, 11) is -0.907. The Kier molecular flexibility index (Phi) is 5.34. The lowest BCUT2D eigenvalue weighted by Crippen LogP contribution is -2.26. The molecule has 142 valence electrons. The van der Waals surface area contributed by atoms with Gasteiger partial charge in [0.2, 0.25) is 10.0 Å². The van der Waals surface area contributed by atoms with Gasteiger partial charge in [-0.15, -0.1) is 0 Å². The van der Waals surface area contributed by atoms with Crippen LogP contribution in [0.5, 0.6) is 0 Å². The quantitative estimate of drug-likeness (QED) is 0.604. The van der Waals surface area contributed by atoms with Gasteiger partial charge < -0.3 is 9.15 Å². The SMILES string of the molecule is CCc1oc2ccccc2c1CN(C)S(=O)(=O)c1ccc(C(=O)OC)cc1. The van der Waals surface area contributed by atoms with Crippen LogP contribution in [0.15, 0.2) is 57.8 Å². The van der Waals surface area contributed by atoms with Crippen LogP contribution in [-0.4, -0.2) is 32.8 Å². The number of hydrogen-bond donors (Lipinski definition) is 0. The molecule has 1 heterocycles. The summed E-state index contributed by atoms with van der Waals surface area (Å²) >= 11 is 0. The first-order valence-corrected chi connectivity index (χ1v) is 9.96. The van der Waals surface area contributed by atoms with Crippen molar-refractivity contribution in [3.63, 3.8) is 0 Å². The first kappa shape index (κ1) is 19.1. The van der Waals surface area contributed by atoms with Crippen molar-refractivity contribution >= 4 is 27.0 Å². The molecule has 0 spiro atoms. The van der Waals surface area contributed by atoms with Gasteiger partial charge >= 0.3 is 5.97 Å².